The van der Waals surface area contributed by atoms with E-state index in [0.29, 0.717) is 5.56 Å². The first kappa shape index (κ1) is 13.0. The first-order valence-electron chi connectivity index (χ1n) is 5.75. The van der Waals surface area contributed by atoms with Crippen LogP contribution in [0.1, 0.15) is 16.8 Å². The Hall–Kier alpha value is -1.40. The van der Waals surface area contributed by atoms with Crippen LogP contribution in [0.2, 0.25) is 0 Å². The number of sulfonamides is 1. The van der Waals surface area contributed by atoms with Gasteiger partial charge in [0.05, 0.1) is 4.90 Å². The van der Waals surface area contributed by atoms with E-state index in [-0.39, 0.29) is 10.8 Å². The Bertz CT molecular complexity index is 545. The second kappa shape index (κ2) is 4.70. The molecule has 1 fully saturated rings. The van der Waals surface area contributed by atoms with Crippen LogP contribution in [-0.2, 0) is 10.0 Å². The zero-order valence-electron chi connectivity index (χ0n) is 10.5. The van der Waals surface area contributed by atoms with Gasteiger partial charge in [0.25, 0.3) is 5.91 Å². The Morgan fingerprint density at radius 1 is 1.17 bits per heavy atom. The van der Waals surface area contributed by atoms with E-state index in [1.165, 1.54) is 26.2 Å². The summed E-state index contributed by atoms with van der Waals surface area (Å²) < 4.78 is 24.8. The molecule has 1 aliphatic rings. The van der Waals surface area contributed by atoms with Crippen molar-refractivity contribution in [2.24, 2.45) is 0 Å². The summed E-state index contributed by atoms with van der Waals surface area (Å²) in [5.74, 6) is -0.0324. The minimum Gasteiger partial charge on any atom is -0.339 e. The van der Waals surface area contributed by atoms with Gasteiger partial charge in [-0.15, -0.1) is 0 Å². The van der Waals surface area contributed by atoms with E-state index in [4.69, 9.17) is 0 Å². The lowest BCUT2D eigenvalue weighted by molar-refractivity contribution is 0.0651. The first-order valence-corrected chi connectivity index (χ1v) is 7.19. The summed E-state index contributed by atoms with van der Waals surface area (Å²) >= 11 is 0. The summed E-state index contributed by atoms with van der Waals surface area (Å²) in [7, 11) is -0.462. The van der Waals surface area contributed by atoms with Crippen molar-refractivity contribution in [1.82, 2.24) is 9.21 Å². The van der Waals surface area contributed by atoms with Crippen LogP contribution >= 0.6 is 0 Å². The zero-order chi connectivity index (χ0) is 13.3. The molecule has 98 valence electrons. The molecule has 1 aliphatic heterocycles. The smallest absolute Gasteiger partial charge is 0.253 e. The molecule has 1 aromatic rings. The molecule has 1 amide bonds. The minimum absolute atomic E-state index is 0.0324. The molecule has 2 rings (SSSR count). The lowest BCUT2D eigenvalue weighted by Crippen LogP contribution is -2.42. The summed E-state index contributed by atoms with van der Waals surface area (Å²) in [5, 5.41) is 0. The van der Waals surface area contributed by atoms with E-state index in [1.807, 2.05) is 0 Å². The molecule has 0 atom stereocenters. The maximum absolute atomic E-state index is 11.9. The Kier molecular flexibility index (Phi) is 3.41. The highest BCUT2D eigenvalue weighted by Gasteiger charge is 2.22. The fourth-order valence-corrected chi connectivity index (χ4v) is 2.58. The molecule has 5 nitrogen and oxygen atoms in total. The largest absolute Gasteiger partial charge is 0.339 e. The van der Waals surface area contributed by atoms with E-state index in [1.54, 1.807) is 17.0 Å². The van der Waals surface area contributed by atoms with Gasteiger partial charge in [-0.25, -0.2) is 12.7 Å². The lowest BCUT2D eigenvalue weighted by atomic mass is 10.1. The molecule has 0 aromatic heterocycles. The van der Waals surface area contributed by atoms with E-state index < -0.39 is 10.0 Å². The van der Waals surface area contributed by atoms with Gasteiger partial charge in [0.1, 0.15) is 0 Å². The Morgan fingerprint density at radius 3 is 2.11 bits per heavy atom. The van der Waals surface area contributed by atoms with Gasteiger partial charge >= 0.3 is 0 Å². The van der Waals surface area contributed by atoms with Crippen molar-refractivity contribution in [3.8, 4) is 0 Å². The lowest BCUT2D eigenvalue weighted by Gasteiger charge is -2.30. The van der Waals surface area contributed by atoms with Gasteiger partial charge in [0.15, 0.2) is 0 Å². The number of benzene rings is 1. The minimum atomic E-state index is -3.42. The fraction of sp³-hybridized carbons (Fsp3) is 0.417. The molecule has 6 heteroatoms. The highest BCUT2D eigenvalue weighted by molar-refractivity contribution is 7.89. The predicted molar refractivity (Wildman–Crippen MR) is 67.8 cm³/mol. The van der Waals surface area contributed by atoms with E-state index in [2.05, 4.69) is 0 Å². The van der Waals surface area contributed by atoms with Gasteiger partial charge in [-0.2, -0.15) is 0 Å². The van der Waals surface area contributed by atoms with Gasteiger partial charge < -0.3 is 4.90 Å². The second-order valence-corrected chi connectivity index (χ2v) is 6.61. The van der Waals surface area contributed by atoms with Gasteiger partial charge in [-0.1, -0.05) is 0 Å². The number of carbonyl (C=O) groups is 1. The third kappa shape index (κ3) is 2.26. The van der Waals surface area contributed by atoms with Crippen LogP contribution < -0.4 is 0 Å². The molecule has 1 aromatic carbocycles. The molecule has 0 saturated carbocycles. The molecule has 0 spiro atoms. The normalized spacial score (nSPS) is 15.6. The van der Waals surface area contributed by atoms with Crippen LogP contribution in [0.25, 0.3) is 0 Å². The van der Waals surface area contributed by atoms with E-state index in [9.17, 15) is 13.2 Å². The summed E-state index contributed by atoms with van der Waals surface area (Å²) in [4.78, 5) is 13.8. The van der Waals surface area contributed by atoms with Crippen LogP contribution in [-0.4, -0.2) is 50.7 Å². The molecular weight excluding hydrogens is 252 g/mol. The SMILES string of the molecule is CN(C)S(=O)(=O)c1ccc(C(=O)N2CCC2)cc1. The Balaban J connectivity index is 2.22. The van der Waals surface area contributed by atoms with Crippen molar-refractivity contribution in [2.45, 2.75) is 11.3 Å². The van der Waals surface area contributed by atoms with Crippen molar-refractivity contribution in [3.63, 3.8) is 0 Å². The molecule has 18 heavy (non-hydrogen) atoms. The summed E-state index contributed by atoms with van der Waals surface area (Å²) in [6.45, 7) is 1.58. The summed E-state index contributed by atoms with van der Waals surface area (Å²) in [6.07, 6.45) is 1.04. The standard InChI is InChI=1S/C12H16N2O3S/c1-13(2)18(16,17)11-6-4-10(5-7-11)12(15)14-8-3-9-14/h4-7H,3,8-9H2,1-2H3. The van der Waals surface area contributed by atoms with Crippen LogP contribution in [0.15, 0.2) is 29.2 Å². The monoisotopic (exact) mass is 268 g/mol. The van der Waals surface area contributed by atoms with Crippen LogP contribution in [0.5, 0.6) is 0 Å². The van der Waals surface area contributed by atoms with Crippen molar-refractivity contribution in [2.75, 3.05) is 27.2 Å². The average Bonchev–Trinajstić information content (AvgIpc) is 2.26. The summed E-state index contributed by atoms with van der Waals surface area (Å²) in [5.41, 5.74) is 0.535. The number of nitrogens with zero attached hydrogens (tertiary/aromatic N) is 2. The number of likely N-dealkylation sites (tertiary alicyclic amines) is 1. The molecular formula is C12H16N2O3S. The molecule has 0 radical (unpaired) electrons. The van der Waals surface area contributed by atoms with Gasteiger partial charge in [-0.05, 0) is 30.7 Å². The topological polar surface area (TPSA) is 57.7 Å². The zero-order valence-corrected chi connectivity index (χ0v) is 11.3. The molecule has 0 N–H and O–H groups in total. The Morgan fingerprint density at radius 2 is 1.72 bits per heavy atom. The maximum Gasteiger partial charge on any atom is 0.253 e. The van der Waals surface area contributed by atoms with Crippen LogP contribution in [0.4, 0.5) is 0 Å². The van der Waals surface area contributed by atoms with Gasteiger partial charge in [-0.3, -0.25) is 4.79 Å². The third-order valence-electron chi connectivity index (χ3n) is 3.02. The highest BCUT2D eigenvalue weighted by Crippen LogP contribution is 2.17. The molecule has 0 aliphatic carbocycles. The van der Waals surface area contributed by atoms with E-state index >= 15 is 0 Å². The average molecular weight is 268 g/mol. The van der Waals surface area contributed by atoms with Gasteiger partial charge in [0, 0.05) is 32.7 Å². The predicted octanol–water partition coefficient (Wildman–Crippen LogP) is 0.783. The molecule has 0 bridgehead atoms. The second-order valence-electron chi connectivity index (χ2n) is 4.46. The van der Waals surface area contributed by atoms with Crippen molar-refractivity contribution >= 4 is 15.9 Å². The molecule has 1 heterocycles. The number of carbonyl (C=O) groups excluding carboxylic acids is 1. The fourth-order valence-electron chi connectivity index (χ4n) is 1.68. The van der Waals surface area contributed by atoms with Crippen LogP contribution in [0, 0.1) is 0 Å². The number of hydrogen-bond acceptors (Lipinski definition) is 3. The number of amides is 1. The van der Waals surface area contributed by atoms with Crippen molar-refractivity contribution in [1.29, 1.82) is 0 Å². The molecule has 0 unspecified atom stereocenters. The maximum atomic E-state index is 11.9. The summed E-state index contributed by atoms with van der Waals surface area (Å²) in [6, 6.07) is 6.08. The number of hydrogen-bond donors (Lipinski definition) is 0. The van der Waals surface area contributed by atoms with Gasteiger partial charge in [0.2, 0.25) is 10.0 Å². The van der Waals surface area contributed by atoms with Crippen molar-refractivity contribution in [3.05, 3.63) is 29.8 Å². The quantitative estimate of drug-likeness (QED) is 0.814. The third-order valence-corrected chi connectivity index (χ3v) is 4.85. The van der Waals surface area contributed by atoms with E-state index in [0.717, 1.165) is 23.8 Å². The number of rotatable bonds is 3. The highest BCUT2D eigenvalue weighted by atomic mass is 32.2. The van der Waals surface area contributed by atoms with Crippen LogP contribution in [0.3, 0.4) is 0 Å². The first-order chi connectivity index (χ1) is 8.43. The van der Waals surface area contributed by atoms with Crippen molar-refractivity contribution < 1.29 is 13.2 Å². The molecule has 1 saturated heterocycles. The Labute approximate surface area is 107 Å².